The highest BCUT2D eigenvalue weighted by Crippen LogP contribution is 2.31. The summed E-state index contributed by atoms with van der Waals surface area (Å²) in [4.78, 5) is 0. The van der Waals surface area contributed by atoms with Crippen molar-refractivity contribution in [2.45, 2.75) is 6.04 Å². The first kappa shape index (κ1) is 14.9. The van der Waals surface area contributed by atoms with Crippen molar-refractivity contribution in [3.8, 4) is 0 Å². The molecule has 100 valence electrons. The molecule has 0 aromatic heterocycles. The SMILES string of the molecule is NC(c1ccc(F)c(Br)c1)c1cc(Cl)c(Br)cc1F. The summed E-state index contributed by atoms with van der Waals surface area (Å²) in [6, 6.07) is 6.31. The molecule has 0 saturated heterocycles. The maximum absolute atomic E-state index is 13.9. The fraction of sp³-hybridized carbons (Fsp3) is 0.0769. The number of hydrogen-bond acceptors (Lipinski definition) is 1. The van der Waals surface area contributed by atoms with Crippen molar-refractivity contribution in [2.24, 2.45) is 5.73 Å². The molecule has 0 saturated carbocycles. The van der Waals surface area contributed by atoms with Crippen molar-refractivity contribution >= 4 is 43.5 Å². The average Bonchev–Trinajstić information content (AvgIpc) is 2.36. The molecule has 2 aromatic rings. The van der Waals surface area contributed by atoms with Gasteiger partial charge in [0.05, 0.1) is 15.5 Å². The smallest absolute Gasteiger partial charge is 0.137 e. The summed E-state index contributed by atoms with van der Waals surface area (Å²) in [7, 11) is 0. The van der Waals surface area contributed by atoms with E-state index in [2.05, 4.69) is 31.9 Å². The van der Waals surface area contributed by atoms with Crippen LogP contribution in [0.15, 0.2) is 39.3 Å². The second kappa shape index (κ2) is 5.87. The lowest BCUT2D eigenvalue weighted by Gasteiger charge is -2.15. The van der Waals surface area contributed by atoms with Gasteiger partial charge in [-0.1, -0.05) is 17.7 Å². The fourth-order valence-electron chi connectivity index (χ4n) is 1.66. The molecule has 6 heteroatoms. The predicted octanol–water partition coefficient (Wildman–Crippen LogP) is 5.19. The largest absolute Gasteiger partial charge is 0.320 e. The molecule has 2 rings (SSSR count). The fourth-order valence-corrected chi connectivity index (χ4v) is 2.55. The first-order valence-corrected chi connectivity index (χ1v) is 7.21. The Morgan fingerprint density at radius 2 is 1.68 bits per heavy atom. The van der Waals surface area contributed by atoms with Crippen LogP contribution in [0.2, 0.25) is 5.02 Å². The van der Waals surface area contributed by atoms with Crippen molar-refractivity contribution in [2.75, 3.05) is 0 Å². The quantitative estimate of drug-likeness (QED) is 0.676. The van der Waals surface area contributed by atoms with Crippen LogP contribution in [0.4, 0.5) is 8.78 Å². The van der Waals surface area contributed by atoms with Crippen LogP contribution in [0.1, 0.15) is 17.2 Å². The number of rotatable bonds is 2. The molecule has 0 amide bonds. The zero-order valence-corrected chi connectivity index (χ0v) is 13.4. The normalized spacial score (nSPS) is 12.5. The zero-order chi connectivity index (χ0) is 14.2. The highest BCUT2D eigenvalue weighted by Gasteiger charge is 2.17. The van der Waals surface area contributed by atoms with E-state index in [9.17, 15) is 8.78 Å². The molecule has 0 heterocycles. The number of nitrogens with two attached hydrogens (primary N) is 1. The van der Waals surface area contributed by atoms with Gasteiger partial charge in [0.25, 0.3) is 0 Å². The third kappa shape index (κ3) is 3.16. The van der Waals surface area contributed by atoms with Crippen molar-refractivity contribution in [3.63, 3.8) is 0 Å². The molecule has 19 heavy (non-hydrogen) atoms. The molecule has 0 radical (unpaired) electrons. The molecule has 2 aromatic carbocycles. The summed E-state index contributed by atoms with van der Waals surface area (Å²) in [5.41, 5.74) is 6.84. The molecule has 0 aliphatic rings. The standard InChI is InChI=1S/C13H8Br2ClF2N/c14-8-5-12(18)7(4-10(8)16)13(19)6-1-2-11(17)9(15)3-6/h1-5,13H,19H2. The Kier molecular flexibility index (Phi) is 4.61. The van der Waals surface area contributed by atoms with Crippen molar-refractivity contribution < 1.29 is 8.78 Å². The molecule has 1 unspecified atom stereocenters. The monoisotopic (exact) mass is 409 g/mol. The van der Waals surface area contributed by atoms with Gasteiger partial charge in [0.15, 0.2) is 0 Å². The van der Waals surface area contributed by atoms with Gasteiger partial charge >= 0.3 is 0 Å². The van der Waals surface area contributed by atoms with E-state index in [0.717, 1.165) is 0 Å². The molecule has 1 nitrogen and oxygen atoms in total. The van der Waals surface area contributed by atoms with E-state index in [0.29, 0.717) is 15.1 Å². The van der Waals surface area contributed by atoms with Gasteiger partial charge in [-0.05, 0) is 61.7 Å². The van der Waals surface area contributed by atoms with E-state index in [-0.39, 0.29) is 10.0 Å². The Balaban J connectivity index is 2.46. The minimum Gasteiger partial charge on any atom is -0.320 e. The second-order valence-electron chi connectivity index (χ2n) is 3.94. The van der Waals surface area contributed by atoms with Gasteiger partial charge in [-0.25, -0.2) is 8.78 Å². The predicted molar refractivity (Wildman–Crippen MR) is 79.2 cm³/mol. The van der Waals surface area contributed by atoms with Crippen LogP contribution in [0.3, 0.4) is 0 Å². The summed E-state index contributed by atoms with van der Waals surface area (Å²) >= 11 is 12.1. The molecular weight excluding hydrogens is 403 g/mol. The van der Waals surface area contributed by atoms with Crippen molar-refractivity contribution in [3.05, 3.63) is 67.1 Å². The number of benzene rings is 2. The van der Waals surface area contributed by atoms with Crippen LogP contribution in [0, 0.1) is 11.6 Å². The van der Waals surface area contributed by atoms with Gasteiger partial charge in [-0.15, -0.1) is 0 Å². The molecular formula is C13H8Br2ClF2N. The lowest BCUT2D eigenvalue weighted by molar-refractivity contribution is 0.597. The minimum absolute atomic E-state index is 0.256. The third-order valence-electron chi connectivity index (χ3n) is 2.68. The van der Waals surface area contributed by atoms with Crippen LogP contribution < -0.4 is 5.73 Å². The average molecular weight is 411 g/mol. The summed E-state index contributed by atoms with van der Waals surface area (Å²) in [6.07, 6.45) is 0. The van der Waals surface area contributed by atoms with Crippen molar-refractivity contribution in [1.29, 1.82) is 0 Å². The zero-order valence-electron chi connectivity index (χ0n) is 9.43. The second-order valence-corrected chi connectivity index (χ2v) is 6.05. The molecule has 0 aliphatic heterocycles. The maximum Gasteiger partial charge on any atom is 0.137 e. The first-order valence-electron chi connectivity index (χ1n) is 5.25. The Hall–Kier alpha value is -0.490. The van der Waals surface area contributed by atoms with Gasteiger partial charge in [0.2, 0.25) is 0 Å². The highest BCUT2D eigenvalue weighted by molar-refractivity contribution is 9.10. The lowest BCUT2D eigenvalue weighted by Crippen LogP contribution is -2.14. The minimum atomic E-state index is -0.720. The Morgan fingerprint density at radius 3 is 2.32 bits per heavy atom. The van der Waals surface area contributed by atoms with Crippen LogP contribution in [-0.2, 0) is 0 Å². The van der Waals surface area contributed by atoms with Gasteiger partial charge in [0, 0.05) is 10.0 Å². The van der Waals surface area contributed by atoms with E-state index in [1.807, 2.05) is 0 Å². The molecule has 0 fully saturated rings. The Bertz CT molecular complexity index is 634. The summed E-state index contributed by atoms with van der Waals surface area (Å²) in [6.45, 7) is 0. The van der Waals surface area contributed by atoms with E-state index in [1.165, 1.54) is 30.3 Å². The molecule has 1 atom stereocenters. The highest BCUT2D eigenvalue weighted by atomic mass is 79.9. The maximum atomic E-state index is 13.9. The van der Waals surface area contributed by atoms with Crippen molar-refractivity contribution in [1.82, 2.24) is 0 Å². The van der Waals surface area contributed by atoms with Gasteiger partial charge in [-0.2, -0.15) is 0 Å². The molecule has 0 bridgehead atoms. The number of halogens is 5. The van der Waals surface area contributed by atoms with E-state index >= 15 is 0 Å². The van der Waals surface area contributed by atoms with Gasteiger partial charge in [-0.3, -0.25) is 0 Å². The molecule has 0 spiro atoms. The lowest BCUT2D eigenvalue weighted by atomic mass is 9.99. The topological polar surface area (TPSA) is 26.0 Å². The third-order valence-corrected chi connectivity index (χ3v) is 4.48. The van der Waals surface area contributed by atoms with Gasteiger partial charge in [0.1, 0.15) is 11.6 Å². The molecule has 0 aliphatic carbocycles. The summed E-state index contributed by atoms with van der Waals surface area (Å²) in [5, 5.41) is 0.369. The summed E-state index contributed by atoms with van der Waals surface area (Å²) < 4.78 is 27.8. The van der Waals surface area contributed by atoms with Crippen LogP contribution in [-0.4, -0.2) is 0 Å². The number of hydrogen-bond donors (Lipinski definition) is 1. The van der Waals surface area contributed by atoms with E-state index < -0.39 is 17.7 Å². The van der Waals surface area contributed by atoms with Gasteiger partial charge < -0.3 is 5.73 Å². The van der Waals surface area contributed by atoms with Crippen LogP contribution in [0.5, 0.6) is 0 Å². The Labute approximate surface area is 131 Å². The van der Waals surface area contributed by atoms with E-state index in [1.54, 1.807) is 0 Å². The van der Waals surface area contributed by atoms with Crippen LogP contribution in [0.25, 0.3) is 0 Å². The first-order chi connectivity index (χ1) is 8.90. The van der Waals surface area contributed by atoms with E-state index in [4.69, 9.17) is 17.3 Å². The van der Waals surface area contributed by atoms with Crippen LogP contribution >= 0.6 is 43.5 Å². The molecule has 2 N–H and O–H groups in total. The summed E-state index contributed by atoms with van der Waals surface area (Å²) in [5.74, 6) is -0.866. The Morgan fingerprint density at radius 1 is 1.00 bits per heavy atom.